The van der Waals surface area contributed by atoms with Crippen molar-refractivity contribution in [1.82, 2.24) is 5.32 Å². The van der Waals surface area contributed by atoms with E-state index in [4.69, 9.17) is 4.74 Å². The maximum absolute atomic E-state index is 13.0. The van der Waals surface area contributed by atoms with Gasteiger partial charge in [0.25, 0.3) is 0 Å². The molecule has 1 unspecified atom stereocenters. The minimum atomic E-state index is -0.797. The van der Waals surface area contributed by atoms with Gasteiger partial charge in [-0.05, 0) is 37.1 Å². The zero-order valence-electron chi connectivity index (χ0n) is 10.3. The average molecular weight is 243 g/mol. The molecule has 1 aromatic carbocycles. The van der Waals surface area contributed by atoms with Crippen LogP contribution in [0.3, 0.4) is 0 Å². The van der Waals surface area contributed by atoms with E-state index in [1.165, 1.54) is 12.1 Å². The second-order valence-corrected chi connectivity index (χ2v) is 4.00. The molecule has 0 fully saturated rings. The molecule has 0 saturated carbocycles. The Kier molecular flexibility index (Phi) is 6.08. The van der Waals surface area contributed by atoms with Crippen molar-refractivity contribution in [3.63, 3.8) is 0 Å². The Morgan fingerprint density at radius 2 is 2.06 bits per heavy atom. The largest absolute Gasteiger partial charge is 0.383 e. The molecule has 0 aliphatic rings. The molecule has 0 heterocycles. The molecule has 0 aliphatic carbocycles. The molecule has 4 heteroatoms. The zero-order valence-corrected chi connectivity index (χ0v) is 10.3. The summed E-state index contributed by atoms with van der Waals surface area (Å²) in [5.41, 5.74) is 0.808. The van der Waals surface area contributed by atoms with Crippen molar-refractivity contribution in [2.24, 2.45) is 0 Å². The van der Waals surface area contributed by atoms with Gasteiger partial charge < -0.3 is 10.1 Å². The standard InChI is InChI=1S/C13H19F2NO/c1-3-16-11(9-17-2)6-4-10-5-7-12(14)13(15)8-10/h5,7-8,11,16H,3-4,6,9H2,1-2H3. The fourth-order valence-corrected chi connectivity index (χ4v) is 1.77. The number of hydrogen-bond donors (Lipinski definition) is 1. The highest BCUT2D eigenvalue weighted by molar-refractivity contribution is 5.17. The Balaban J connectivity index is 2.49. The summed E-state index contributed by atoms with van der Waals surface area (Å²) in [5, 5.41) is 3.29. The van der Waals surface area contributed by atoms with E-state index in [1.54, 1.807) is 13.2 Å². The lowest BCUT2D eigenvalue weighted by Crippen LogP contribution is -2.33. The molecule has 1 rings (SSSR count). The number of nitrogens with one attached hydrogen (secondary N) is 1. The van der Waals surface area contributed by atoms with Gasteiger partial charge in [-0.15, -0.1) is 0 Å². The van der Waals surface area contributed by atoms with Gasteiger partial charge in [0.05, 0.1) is 6.61 Å². The summed E-state index contributed by atoms with van der Waals surface area (Å²) < 4.78 is 30.8. The van der Waals surface area contributed by atoms with Crippen LogP contribution in [0.5, 0.6) is 0 Å². The van der Waals surface area contributed by atoms with Gasteiger partial charge in [-0.2, -0.15) is 0 Å². The Labute approximate surface area is 101 Å². The summed E-state index contributed by atoms with van der Waals surface area (Å²) in [5.74, 6) is -1.58. The van der Waals surface area contributed by atoms with E-state index in [9.17, 15) is 8.78 Å². The molecule has 17 heavy (non-hydrogen) atoms. The zero-order chi connectivity index (χ0) is 12.7. The Morgan fingerprint density at radius 3 is 2.65 bits per heavy atom. The van der Waals surface area contributed by atoms with Crippen molar-refractivity contribution in [3.8, 4) is 0 Å². The molecular formula is C13H19F2NO. The number of halogens is 2. The van der Waals surface area contributed by atoms with Gasteiger partial charge >= 0.3 is 0 Å². The fourth-order valence-electron chi connectivity index (χ4n) is 1.77. The second-order valence-electron chi connectivity index (χ2n) is 4.00. The van der Waals surface area contributed by atoms with Gasteiger partial charge in [0.15, 0.2) is 11.6 Å². The molecule has 0 radical (unpaired) electrons. The first kappa shape index (κ1) is 14.1. The highest BCUT2D eigenvalue weighted by atomic mass is 19.2. The Morgan fingerprint density at radius 1 is 1.29 bits per heavy atom. The third-order valence-corrected chi connectivity index (χ3v) is 2.63. The van der Waals surface area contributed by atoms with Crippen LogP contribution >= 0.6 is 0 Å². The Hall–Kier alpha value is -1.00. The minimum Gasteiger partial charge on any atom is -0.383 e. The Bertz CT molecular complexity index is 338. The lowest BCUT2D eigenvalue weighted by Gasteiger charge is -2.16. The number of likely N-dealkylation sites (N-methyl/N-ethyl adjacent to an activating group) is 1. The number of aryl methyl sites for hydroxylation is 1. The van der Waals surface area contributed by atoms with E-state index in [2.05, 4.69) is 5.32 Å². The number of rotatable bonds is 7. The summed E-state index contributed by atoms with van der Waals surface area (Å²) in [6.07, 6.45) is 1.55. The fraction of sp³-hybridized carbons (Fsp3) is 0.538. The molecule has 0 bridgehead atoms. The van der Waals surface area contributed by atoms with Crippen LogP contribution in [-0.4, -0.2) is 26.3 Å². The summed E-state index contributed by atoms with van der Waals surface area (Å²) in [7, 11) is 1.65. The van der Waals surface area contributed by atoms with Gasteiger partial charge in [-0.3, -0.25) is 0 Å². The molecule has 96 valence electrons. The first-order valence-electron chi connectivity index (χ1n) is 5.83. The van der Waals surface area contributed by atoms with E-state index in [-0.39, 0.29) is 6.04 Å². The predicted molar refractivity (Wildman–Crippen MR) is 64.0 cm³/mol. The van der Waals surface area contributed by atoms with Crippen LogP contribution in [0.25, 0.3) is 0 Å². The van der Waals surface area contributed by atoms with Crippen LogP contribution in [0.4, 0.5) is 8.78 Å². The number of ether oxygens (including phenoxy) is 1. The van der Waals surface area contributed by atoms with Crippen LogP contribution in [0.1, 0.15) is 18.9 Å². The van der Waals surface area contributed by atoms with Crippen LogP contribution in [-0.2, 0) is 11.2 Å². The number of methoxy groups -OCH3 is 1. The molecule has 1 aromatic rings. The first-order valence-corrected chi connectivity index (χ1v) is 5.83. The normalized spacial score (nSPS) is 12.7. The van der Waals surface area contributed by atoms with Crippen molar-refractivity contribution in [2.45, 2.75) is 25.8 Å². The van der Waals surface area contributed by atoms with Crippen LogP contribution in [0.2, 0.25) is 0 Å². The van der Waals surface area contributed by atoms with Crippen LogP contribution in [0, 0.1) is 11.6 Å². The lowest BCUT2D eigenvalue weighted by atomic mass is 10.1. The molecule has 0 spiro atoms. The van der Waals surface area contributed by atoms with Gasteiger partial charge in [0.1, 0.15) is 0 Å². The monoisotopic (exact) mass is 243 g/mol. The highest BCUT2D eigenvalue weighted by Crippen LogP contribution is 2.11. The van der Waals surface area contributed by atoms with Crippen LogP contribution in [0.15, 0.2) is 18.2 Å². The minimum absolute atomic E-state index is 0.248. The maximum Gasteiger partial charge on any atom is 0.159 e. The summed E-state index contributed by atoms with van der Waals surface area (Å²) in [6, 6.07) is 4.29. The summed E-state index contributed by atoms with van der Waals surface area (Å²) in [4.78, 5) is 0. The van der Waals surface area contributed by atoms with E-state index in [0.29, 0.717) is 13.0 Å². The third-order valence-electron chi connectivity index (χ3n) is 2.63. The topological polar surface area (TPSA) is 21.3 Å². The van der Waals surface area contributed by atoms with Crippen molar-refractivity contribution >= 4 is 0 Å². The van der Waals surface area contributed by atoms with Gasteiger partial charge in [0, 0.05) is 13.2 Å². The van der Waals surface area contributed by atoms with Crippen LogP contribution < -0.4 is 5.32 Å². The van der Waals surface area contributed by atoms with E-state index >= 15 is 0 Å². The maximum atomic E-state index is 13.0. The second kappa shape index (κ2) is 7.35. The van der Waals surface area contributed by atoms with Gasteiger partial charge in [-0.25, -0.2) is 8.78 Å². The molecule has 0 saturated heterocycles. The number of benzene rings is 1. The molecule has 2 nitrogen and oxygen atoms in total. The smallest absolute Gasteiger partial charge is 0.159 e. The quantitative estimate of drug-likeness (QED) is 0.794. The number of hydrogen-bond acceptors (Lipinski definition) is 2. The third kappa shape index (κ3) is 4.79. The van der Waals surface area contributed by atoms with E-state index < -0.39 is 11.6 Å². The van der Waals surface area contributed by atoms with Crippen molar-refractivity contribution < 1.29 is 13.5 Å². The highest BCUT2D eigenvalue weighted by Gasteiger charge is 2.08. The van der Waals surface area contributed by atoms with E-state index in [1.807, 2.05) is 6.92 Å². The lowest BCUT2D eigenvalue weighted by molar-refractivity contribution is 0.163. The molecular weight excluding hydrogens is 224 g/mol. The molecule has 1 N–H and O–H groups in total. The van der Waals surface area contributed by atoms with E-state index in [0.717, 1.165) is 18.5 Å². The molecule has 0 aliphatic heterocycles. The molecule has 0 amide bonds. The van der Waals surface area contributed by atoms with Crippen molar-refractivity contribution in [1.29, 1.82) is 0 Å². The van der Waals surface area contributed by atoms with Gasteiger partial charge in [-0.1, -0.05) is 13.0 Å². The SMILES string of the molecule is CCNC(CCc1ccc(F)c(F)c1)COC. The van der Waals surface area contributed by atoms with Crippen molar-refractivity contribution in [3.05, 3.63) is 35.4 Å². The summed E-state index contributed by atoms with van der Waals surface area (Å²) in [6.45, 7) is 3.52. The first-order chi connectivity index (χ1) is 8.17. The molecule has 0 aromatic heterocycles. The average Bonchev–Trinajstić information content (AvgIpc) is 2.31. The molecule has 1 atom stereocenters. The van der Waals surface area contributed by atoms with Gasteiger partial charge in [0.2, 0.25) is 0 Å². The van der Waals surface area contributed by atoms with Crippen molar-refractivity contribution in [2.75, 3.05) is 20.3 Å². The summed E-state index contributed by atoms with van der Waals surface area (Å²) >= 11 is 0. The predicted octanol–water partition coefficient (Wildman–Crippen LogP) is 2.52.